The van der Waals surface area contributed by atoms with E-state index in [-0.39, 0.29) is 69.6 Å². The Bertz CT molecular complexity index is 485. The van der Waals surface area contributed by atoms with Crippen LogP contribution in [0.2, 0.25) is 0 Å². The summed E-state index contributed by atoms with van der Waals surface area (Å²) in [5.74, 6) is -1.10. The molecule has 5 N–H and O–H groups in total. The molecule has 0 spiro atoms. The zero-order valence-electron chi connectivity index (χ0n) is 13.1. The summed E-state index contributed by atoms with van der Waals surface area (Å²) in [6.07, 6.45) is -1.44. The van der Waals surface area contributed by atoms with E-state index in [1.807, 2.05) is 0 Å². The fourth-order valence-electron chi connectivity index (χ4n) is 1.26. The monoisotopic (exact) mass is 398 g/mol. The number of aliphatic hydroxyl groups is 2. The first-order chi connectivity index (χ1) is 9.99. The molecule has 0 fully saturated rings. The molecule has 0 bridgehead atoms. The van der Waals surface area contributed by atoms with Gasteiger partial charge in [-0.25, -0.2) is 0 Å². The SMILES string of the molecule is CC(C)(CO)[C@@H](O)C(=O)NCCC(=O)NCCSS(=O)(=O)O.[Ca]. The Labute approximate surface area is 169 Å². The van der Waals surface area contributed by atoms with E-state index < -0.39 is 32.5 Å². The first-order valence-corrected chi connectivity index (χ1v) is 9.39. The molecule has 12 heteroatoms. The van der Waals surface area contributed by atoms with Crippen LogP contribution in [0.1, 0.15) is 20.3 Å². The summed E-state index contributed by atoms with van der Waals surface area (Å²) in [7, 11) is -3.82. The van der Waals surface area contributed by atoms with E-state index in [1.54, 1.807) is 0 Å². The number of hydrogen-bond acceptors (Lipinski definition) is 7. The molecule has 2 amide bonds. The third kappa shape index (κ3) is 12.4. The zero-order valence-corrected chi connectivity index (χ0v) is 17.0. The number of carbonyl (C=O) groups excluding carboxylic acids is 2. The first-order valence-electron chi connectivity index (χ1n) is 6.45. The molecule has 0 aliphatic heterocycles. The average molecular weight is 399 g/mol. The molecule has 0 saturated heterocycles. The number of aliphatic hydroxyl groups excluding tert-OH is 2. The number of hydrogen-bond donors (Lipinski definition) is 5. The van der Waals surface area contributed by atoms with Crippen LogP contribution in [-0.4, -0.2) is 104 Å². The molecule has 0 saturated carbocycles. The topological polar surface area (TPSA) is 153 Å². The molecule has 2 radical (unpaired) electrons. The van der Waals surface area contributed by atoms with E-state index in [4.69, 9.17) is 9.66 Å². The molecule has 23 heavy (non-hydrogen) atoms. The molecule has 0 rings (SSSR count). The molecule has 0 aromatic heterocycles. The fourth-order valence-corrected chi connectivity index (χ4v) is 2.54. The van der Waals surface area contributed by atoms with Crippen LogP contribution in [0, 0.1) is 5.41 Å². The predicted octanol–water partition coefficient (Wildman–Crippen LogP) is -1.86. The van der Waals surface area contributed by atoms with Crippen molar-refractivity contribution < 1.29 is 32.8 Å². The summed E-state index contributed by atoms with van der Waals surface area (Å²) in [5.41, 5.74) is -0.987. The molecule has 0 aliphatic rings. The maximum absolute atomic E-state index is 11.6. The molecule has 1 atom stereocenters. The van der Waals surface area contributed by atoms with Gasteiger partial charge >= 0.3 is 9.15 Å². The van der Waals surface area contributed by atoms with Crippen molar-refractivity contribution in [2.24, 2.45) is 5.41 Å². The van der Waals surface area contributed by atoms with Gasteiger partial charge in [0.05, 0.1) is 6.61 Å². The Morgan fingerprint density at radius 1 is 1.22 bits per heavy atom. The van der Waals surface area contributed by atoms with E-state index in [9.17, 15) is 23.1 Å². The minimum Gasteiger partial charge on any atom is -0.396 e. The summed E-state index contributed by atoms with van der Waals surface area (Å²) < 4.78 is 29.3. The van der Waals surface area contributed by atoms with Crippen LogP contribution < -0.4 is 10.6 Å². The summed E-state index contributed by atoms with van der Waals surface area (Å²) in [6.45, 7) is 2.73. The fraction of sp³-hybridized carbons (Fsp3) is 0.818. The summed E-state index contributed by atoms with van der Waals surface area (Å²) in [5, 5.41) is 23.5. The van der Waals surface area contributed by atoms with Gasteiger partial charge in [0.2, 0.25) is 11.8 Å². The molecule has 0 aliphatic carbocycles. The van der Waals surface area contributed by atoms with Gasteiger partial charge in [0.15, 0.2) is 0 Å². The maximum Gasteiger partial charge on any atom is 0.319 e. The molecule has 132 valence electrons. The van der Waals surface area contributed by atoms with Gasteiger partial charge in [0.25, 0.3) is 0 Å². The van der Waals surface area contributed by atoms with Crippen LogP contribution in [0.5, 0.6) is 0 Å². The van der Waals surface area contributed by atoms with Crippen LogP contribution in [0.3, 0.4) is 0 Å². The van der Waals surface area contributed by atoms with E-state index in [1.165, 1.54) is 13.8 Å². The van der Waals surface area contributed by atoms with Gasteiger partial charge in [-0.2, -0.15) is 8.42 Å². The Morgan fingerprint density at radius 2 is 1.78 bits per heavy atom. The van der Waals surface area contributed by atoms with E-state index in [0.717, 1.165) is 0 Å². The predicted molar refractivity (Wildman–Crippen MR) is 87.3 cm³/mol. The Kier molecular flexibility index (Phi) is 13.2. The van der Waals surface area contributed by atoms with Crippen molar-refractivity contribution in [3.63, 3.8) is 0 Å². The van der Waals surface area contributed by atoms with Gasteiger partial charge in [0.1, 0.15) is 6.10 Å². The van der Waals surface area contributed by atoms with Crippen molar-refractivity contribution in [1.82, 2.24) is 10.6 Å². The van der Waals surface area contributed by atoms with E-state index in [2.05, 4.69) is 10.6 Å². The van der Waals surface area contributed by atoms with Crippen molar-refractivity contribution >= 4 is 69.5 Å². The van der Waals surface area contributed by atoms with Crippen LogP contribution in [0.4, 0.5) is 0 Å². The molecule has 0 aromatic rings. The quantitative estimate of drug-likeness (QED) is 0.124. The van der Waals surface area contributed by atoms with Crippen LogP contribution in [0.25, 0.3) is 0 Å². The van der Waals surface area contributed by atoms with Gasteiger partial charge in [-0.3, -0.25) is 14.1 Å². The largest absolute Gasteiger partial charge is 0.396 e. The standard InChI is InChI=1S/C11H22N2O7S2.Ca/c1-11(2,7-14)9(16)10(17)13-4-3-8(15)12-5-6-21-22(18,19)20;/h9,14,16H,3-7H2,1-2H3,(H,12,15)(H,13,17)(H,18,19,20);/t9-;/m0./s1. The smallest absolute Gasteiger partial charge is 0.319 e. The number of rotatable bonds is 10. The second kappa shape index (κ2) is 11.9. The minimum absolute atomic E-state index is 0. The molecule has 0 aromatic carbocycles. The van der Waals surface area contributed by atoms with Crippen LogP contribution in [0.15, 0.2) is 0 Å². The van der Waals surface area contributed by atoms with Crippen molar-refractivity contribution in [2.75, 3.05) is 25.4 Å². The third-order valence-electron chi connectivity index (χ3n) is 2.70. The molecule has 9 nitrogen and oxygen atoms in total. The Morgan fingerprint density at radius 3 is 2.26 bits per heavy atom. The number of amides is 2. The van der Waals surface area contributed by atoms with Crippen LogP contribution in [-0.2, 0) is 18.7 Å². The van der Waals surface area contributed by atoms with Gasteiger partial charge in [-0.1, -0.05) is 13.8 Å². The number of nitrogens with one attached hydrogen (secondary N) is 2. The second-order valence-corrected chi connectivity index (χ2v) is 8.66. The Balaban J connectivity index is 0. The van der Waals surface area contributed by atoms with Gasteiger partial charge in [0, 0.05) is 68.4 Å². The van der Waals surface area contributed by atoms with Gasteiger partial charge in [-0.15, -0.1) is 0 Å². The van der Waals surface area contributed by atoms with Gasteiger partial charge in [-0.05, 0) is 10.8 Å². The minimum atomic E-state index is -4.12. The number of carbonyl (C=O) groups is 2. The van der Waals surface area contributed by atoms with Crippen molar-refractivity contribution in [3.05, 3.63) is 0 Å². The molecular weight excluding hydrogens is 376 g/mol. The van der Waals surface area contributed by atoms with E-state index in [0.29, 0.717) is 10.8 Å². The first kappa shape index (κ1) is 25.6. The zero-order chi connectivity index (χ0) is 17.4. The van der Waals surface area contributed by atoms with Crippen molar-refractivity contribution in [1.29, 1.82) is 0 Å². The Hall–Kier alpha value is 0.380. The normalized spacial score (nSPS) is 12.9. The van der Waals surface area contributed by atoms with E-state index >= 15 is 0 Å². The van der Waals surface area contributed by atoms with Gasteiger partial charge < -0.3 is 20.8 Å². The molecule has 0 unspecified atom stereocenters. The summed E-state index contributed by atoms with van der Waals surface area (Å²) in [6, 6.07) is 0. The molecule has 0 heterocycles. The summed E-state index contributed by atoms with van der Waals surface area (Å²) in [4.78, 5) is 23.0. The molecular formula is C11H22CaN2O7S2. The van der Waals surface area contributed by atoms with Crippen molar-refractivity contribution in [2.45, 2.75) is 26.4 Å². The third-order valence-corrected chi connectivity index (χ3v) is 4.77. The second-order valence-electron chi connectivity index (χ2n) is 5.19. The summed E-state index contributed by atoms with van der Waals surface area (Å²) >= 11 is 0. The van der Waals surface area contributed by atoms with Crippen LogP contribution >= 0.6 is 10.8 Å². The maximum atomic E-state index is 11.6. The average Bonchev–Trinajstić information content (AvgIpc) is 2.41. The van der Waals surface area contributed by atoms with Crippen molar-refractivity contribution in [3.8, 4) is 0 Å².